The molecule has 0 spiro atoms. The van der Waals surface area contributed by atoms with Crippen LogP contribution in [0.3, 0.4) is 0 Å². The second-order valence-electron chi connectivity index (χ2n) is 7.27. The maximum Gasteiger partial charge on any atom is 0.0681 e. The van der Waals surface area contributed by atoms with Crippen LogP contribution in [-0.2, 0) is 4.74 Å². The third-order valence-electron chi connectivity index (χ3n) is 4.61. The summed E-state index contributed by atoms with van der Waals surface area (Å²) < 4.78 is 7.50. The molecule has 1 aromatic carbocycles. The number of halogens is 1. The van der Waals surface area contributed by atoms with Crippen LogP contribution in [0.25, 0.3) is 0 Å². The SMILES string of the molecule is CCNC(c1cccc(Br)c1C)C1CC(C)(C)OC1(C)C. The van der Waals surface area contributed by atoms with Crippen LogP contribution >= 0.6 is 15.9 Å². The molecule has 1 aliphatic heterocycles. The highest BCUT2D eigenvalue weighted by Gasteiger charge is 2.49. The van der Waals surface area contributed by atoms with E-state index in [4.69, 9.17) is 4.74 Å². The molecule has 2 atom stereocenters. The quantitative estimate of drug-likeness (QED) is 0.821. The van der Waals surface area contributed by atoms with Gasteiger partial charge in [-0.15, -0.1) is 0 Å². The van der Waals surface area contributed by atoms with Crippen molar-refractivity contribution >= 4 is 15.9 Å². The van der Waals surface area contributed by atoms with Crippen molar-refractivity contribution in [1.29, 1.82) is 0 Å². The summed E-state index contributed by atoms with van der Waals surface area (Å²) in [6.45, 7) is 14.2. The van der Waals surface area contributed by atoms with Crippen LogP contribution in [0.2, 0.25) is 0 Å². The molecule has 1 heterocycles. The molecule has 2 rings (SSSR count). The zero-order chi connectivity index (χ0) is 15.8. The molecule has 3 heteroatoms. The highest BCUT2D eigenvalue weighted by Crippen LogP contribution is 2.48. The lowest BCUT2D eigenvalue weighted by molar-refractivity contribution is -0.0778. The second-order valence-corrected chi connectivity index (χ2v) is 8.12. The Balaban J connectivity index is 2.42. The Hall–Kier alpha value is -0.380. The predicted molar refractivity (Wildman–Crippen MR) is 92.6 cm³/mol. The van der Waals surface area contributed by atoms with Crippen molar-refractivity contribution in [3.8, 4) is 0 Å². The summed E-state index contributed by atoms with van der Waals surface area (Å²) >= 11 is 3.67. The molecule has 2 unspecified atom stereocenters. The van der Waals surface area contributed by atoms with E-state index in [1.54, 1.807) is 0 Å². The van der Waals surface area contributed by atoms with E-state index in [1.807, 2.05) is 0 Å². The van der Waals surface area contributed by atoms with Gasteiger partial charge in [-0.3, -0.25) is 0 Å². The first-order valence-electron chi connectivity index (χ1n) is 7.86. The Kier molecular flexibility index (Phi) is 4.87. The number of nitrogens with one attached hydrogen (secondary N) is 1. The lowest BCUT2D eigenvalue weighted by Gasteiger charge is -2.34. The van der Waals surface area contributed by atoms with Gasteiger partial charge in [-0.1, -0.05) is 35.0 Å². The molecule has 118 valence electrons. The average molecular weight is 354 g/mol. The third kappa shape index (κ3) is 3.52. The molecule has 0 radical (unpaired) electrons. The first-order chi connectivity index (χ1) is 9.68. The fourth-order valence-corrected chi connectivity index (χ4v) is 4.16. The smallest absolute Gasteiger partial charge is 0.0681 e. The van der Waals surface area contributed by atoms with Crippen LogP contribution in [0, 0.1) is 12.8 Å². The molecule has 1 aliphatic rings. The summed E-state index contributed by atoms with van der Waals surface area (Å²) in [6, 6.07) is 6.81. The summed E-state index contributed by atoms with van der Waals surface area (Å²) in [6.07, 6.45) is 1.07. The van der Waals surface area contributed by atoms with E-state index in [0.29, 0.717) is 12.0 Å². The van der Waals surface area contributed by atoms with Crippen molar-refractivity contribution in [2.24, 2.45) is 5.92 Å². The van der Waals surface area contributed by atoms with Crippen molar-refractivity contribution in [3.05, 3.63) is 33.8 Å². The molecule has 21 heavy (non-hydrogen) atoms. The van der Waals surface area contributed by atoms with Crippen LogP contribution in [0.5, 0.6) is 0 Å². The normalized spacial score (nSPS) is 25.0. The lowest BCUT2D eigenvalue weighted by atomic mass is 9.78. The van der Waals surface area contributed by atoms with E-state index in [2.05, 4.69) is 81.0 Å². The van der Waals surface area contributed by atoms with Gasteiger partial charge in [0.05, 0.1) is 11.2 Å². The standard InChI is InChI=1S/C18H28BrNO/c1-7-20-16(13-9-8-10-15(19)12(13)2)14-11-17(3,4)21-18(14,5)6/h8-10,14,16,20H,7,11H2,1-6H3. The molecule has 0 bridgehead atoms. The lowest BCUT2D eigenvalue weighted by Crippen LogP contribution is -2.38. The molecule has 0 saturated carbocycles. The summed E-state index contributed by atoms with van der Waals surface area (Å²) in [5, 5.41) is 3.70. The van der Waals surface area contributed by atoms with Gasteiger partial charge in [-0.25, -0.2) is 0 Å². The van der Waals surface area contributed by atoms with Crippen LogP contribution in [0.1, 0.15) is 58.2 Å². The molecular weight excluding hydrogens is 326 g/mol. The molecule has 1 saturated heterocycles. The summed E-state index contributed by atoms with van der Waals surface area (Å²) in [5.41, 5.74) is 2.53. The van der Waals surface area contributed by atoms with Crippen molar-refractivity contribution in [3.63, 3.8) is 0 Å². The maximum absolute atomic E-state index is 6.32. The fourth-order valence-electron chi connectivity index (χ4n) is 3.77. The van der Waals surface area contributed by atoms with Gasteiger partial charge in [-0.05, 0) is 64.8 Å². The van der Waals surface area contributed by atoms with Crippen molar-refractivity contribution in [2.45, 2.75) is 65.2 Å². The molecule has 0 amide bonds. The number of ether oxygens (including phenoxy) is 1. The summed E-state index contributed by atoms with van der Waals surface area (Å²) in [7, 11) is 0. The van der Waals surface area contributed by atoms with Gasteiger partial charge >= 0.3 is 0 Å². The van der Waals surface area contributed by atoms with Crippen LogP contribution < -0.4 is 5.32 Å². The topological polar surface area (TPSA) is 21.3 Å². The maximum atomic E-state index is 6.32. The predicted octanol–water partition coefficient (Wildman–Crippen LogP) is 5.00. The summed E-state index contributed by atoms with van der Waals surface area (Å²) in [5.74, 6) is 0.459. The van der Waals surface area contributed by atoms with E-state index in [0.717, 1.165) is 13.0 Å². The average Bonchev–Trinajstić information content (AvgIpc) is 2.58. The second kappa shape index (κ2) is 6.02. The van der Waals surface area contributed by atoms with E-state index in [-0.39, 0.29) is 11.2 Å². The van der Waals surface area contributed by atoms with E-state index < -0.39 is 0 Å². The van der Waals surface area contributed by atoms with Crippen molar-refractivity contribution in [2.75, 3.05) is 6.54 Å². The zero-order valence-electron chi connectivity index (χ0n) is 14.1. The zero-order valence-corrected chi connectivity index (χ0v) is 15.7. The molecule has 2 nitrogen and oxygen atoms in total. The Bertz CT molecular complexity index is 510. The Morgan fingerprint density at radius 3 is 2.52 bits per heavy atom. The van der Waals surface area contributed by atoms with E-state index in [1.165, 1.54) is 15.6 Å². The number of benzene rings is 1. The van der Waals surface area contributed by atoms with E-state index >= 15 is 0 Å². The Labute approximate surface area is 137 Å². The van der Waals surface area contributed by atoms with Gasteiger partial charge < -0.3 is 10.1 Å². The molecule has 1 N–H and O–H groups in total. The number of rotatable bonds is 4. The molecule has 1 fully saturated rings. The van der Waals surface area contributed by atoms with Crippen LogP contribution in [0.15, 0.2) is 22.7 Å². The highest BCUT2D eigenvalue weighted by molar-refractivity contribution is 9.10. The van der Waals surface area contributed by atoms with Gasteiger partial charge in [-0.2, -0.15) is 0 Å². The van der Waals surface area contributed by atoms with Crippen LogP contribution in [0.4, 0.5) is 0 Å². The minimum Gasteiger partial charge on any atom is -0.369 e. The van der Waals surface area contributed by atoms with Gasteiger partial charge in [0, 0.05) is 16.4 Å². The first kappa shape index (κ1) is 17.0. The van der Waals surface area contributed by atoms with Gasteiger partial charge in [0.15, 0.2) is 0 Å². The van der Waals surface area contributed by atoms with Gasteiger partial charge in [0.25, 0.3) is 0 Å². The third-order valence-corrected chi connectivity index (χ3v) is 5.47. The van der Waals surface area contributed by atoms with Gasteiger partial charge in [0.2, 0.25) is 0 Å². The monoisotopic (exact) mass is 353 g/mol. The van der Waals surface area contributed by atoms with Crippen molar-refractivity contribution < 1.29 is 4.74 Å². The van der Waals surface area contributed by atoms with Crippen LogP contribution in [-0.4, -0.2) is 17.7 Å². The molecular formula is C18H28BrNO. The largest absolute Gasteiger partial charge is 0.369 e. The minimum atomic E-state index is -0.120. The number of hydrogen-bond acceptors (Lipinski definition) is 2. The van der Waals surface area contributed by atoms with Crippen molar-refractivity contribution in [1.82, 2.24) is 5.32 Å². The highest BCUT2D eigenvalue weighted by atomic mass is 79.9. The molecule has 0 aliphatic carbocycles. The van der Waals surface area contributed by atoms with E-state index in [9.17, 15) is 0 Å². The Morgan fingerprint density at radius 1 is 1.33 bits per heavy atom. The summed E-state index contributed by atoms with van der Waals surface area (Å²) in [4.78, 5) is 0. The minimum absolute atomic E-state index is 0.0538. The number of hydrogen-bond donors (Lipinski definition) is 1. The first-order valence-corrected chi connectivity index (χ1v) is 8.66. The Morgan fingerprint density at radius 2 is 2.00 bits per heavy atom. The fraction of sp³-hybridized carbons (Fsp3) is 0.667. The molecule has 0 aromatic heterocycles. The molecule has 1 aromatic rings. The van der Waals surface area contributed by atoms with Gasteiger partial charge in [0.1, 0.15) is 0 Å².